The Hall–Kier alpha value is -4.24. The fraction of sp³-hybridized carbons (Fsp3) is 0.360. The second-order valence-electron chi connectivity index (χ2n) is 8.03. The molecule has 0 saturated carbocycles. The smallest absolute Gasteiger partial charge is 0.146 e. The highest BCUT2D eigenvalue weighted by Crippen LogP contribution is 2.35. The third-order valence-electron chi connectivity index (χ3n) is 6.19. The lowest BCUT2D eigenvalue weighted by Crippen LogP contribution is -2.26. The zero-order valence-electron chi connectivity index (χ0n) is 19.6. The van der Waals surface area contributed by atoms with Gasteiger partial charge in [0, 0.05) is 48.5 Å². The van der Waals surface area contributed by atoms with E-state index in [1.54, 1.807) is 12.4 Å². The lowest BCUT2D eigenvalue weighted by molar-refractivity contribution is 0.332. The first-order valence-corrected chi connectivity index (χ1v) is 11.5. The summed E-state index contributed by atoms with van der Waals surface area (Å²) < 4.78 is 1.89. The second kappa shape index (κ2) is 10.1. The molecule has 34 heavy (non-hydrogen) atoms. The summed E-state index contributed by atoms with van der Waals surface area (Å²) in [4.78, 5) is 18.4. The first-order valence-electron chi connectivity index (χ1n) is 11.5. The summed E-state index contributed by atoms with van der Waals surface area (Å²) in [7, 11) is 0. The maximum absolute atomic E-state index is 9.58. The molecule has 9 heteroatoms. The van der Waals surface area contributed by atoms with Crippen molar-refractivity contribution in [2.45, 2.75) is 39.7 Å². The summed E-state index contributed by atoms with van der Waals surface area (Å²) in [5.74, 6) is 0.941. The molecule has 1 aliphatic rings. The molecule has 0 bridgehead atoms. The minimum absolute atomic E-state index is 0.0716. The molecule has 0 spiro atoms. The lowest BCUT2D eigenvalue weighted by atomic mass is 9.96. The van der Waals surface area contributed by atoms with Crippen molar-refractivity contribution in [2.75, 3.05) is 18.0 Å². The number of H-pyrrole nitrogens is 1. The van der Waals surface area contributed by atoms with Gasteiger partial charge in [-0.15, -0.1) is 0 Å². The molecule has 0 aliphatic carbocycles. The Balaban J connectivity index is 0.00000133. The summed E-state index contributed by atoms with van der Waals surface area (Å²) in [6.45, 7) is 7.44. The van der Waals surface area contributed by atoms with Crippen LogP contribution in [0, 0.1) is 35.5 Å². The van der Waals surface area contributed by atoms with Crippen LogP contribution in [0.15, 0.2) is 43.2 Å². The van der Waals surface area contributed by atoms with Gasteiger partial charge in [0.15, 0.2) is 0 Å². The number of nitrogens with one attached hydrogen (secondary N) is 1. The van der Waals surface area contributed by atoms with E-state index in [0.29, 0.717) is 12.0 Å². The number of rotatable bonds is 5. The number of anilines is 1. The van der Waals surface area contributed by atoms with Crippen LogP contribution in [-0.2, 0) is 0 Å². The lowest BCUT2D eigenvalue weighted by Gasteiger charge is -2.23. The molecule has 172 valence electrons. The topological polar surface area (TPSA) is 123 Å². The Morgan fingerprint density at radius 2 is 2.06 bits per heavy atom. The van der Waals surface area contributed by atoms with E-state index in [9.17, 15) is 10.5 Å². The van der Waals surface area contributed by atoms with Gasteiger partial charge in [-0.3, -0.25) is 4.68 Å². The minimum atomic E-state index is -0.0716. The van der Waals surface area contributed by atoms with Crippen molar-refractivity contribution in [3.63, 3.8) is 0 Å². The summed E-state index contributed by atoms with van der Waals surface area (Å²) in [5.41, 5.74) is 4.02. The van der Waals surface area contributed by atoms with Gasteiger partial charge in [-0.1, -0.05) is 13.8 Å². The Morgan fingerprint density at radius 3 is 2.85 bits per heavy atom. The van der Waals surface area contributed by atoms with Gasteiger partial charge in [0.25, 0.3) is 0 Å². The highest BCUT2D eigenvalue weighted by atomic mass is 15.3. The minimum Gasteiger partial charge on any atom is -0.355 e. The number of nitriles is 2. The fourth-order valence-electron chi connectivity index (χ4n) is 4.53. The number of nitrogens with zero attached hydrogens (tertiary/aromatic N) is 8. The maximum Gasteiger partial charge on any atom is 0.146 e. The van der Waals surface area contributed by atoms with Crippen LogP contribution in [0.2, 0.25) is 0 Å². The van der Waals surface area contributed by atoms with Gasteiger partial charge in [0.05, 0.1) is 36.0 Å². The predicted octanol–water partition coefficient (Wildman–Crippen LogP) is 4.40. The first-order chi connectivity index (χ1) is 16.7. The van der Waals surface area contributed by atoms with Crippen LogP contribution in [-0.4, -0.2) is 42.8 Å². The van der Waals surface area contributed by atoms with Gasteiger partial charge >= 0.3 is 0 Å². The Morgan fingerprint density at radius 1 is 1.21 bits per heavy atom. The van der Waals surface area contributed by atoms with Gasteiger partial charge in [-0.25, -0.2) is 15.0 Å². The number of hydrogen-bond acceptors (Lipinski definition) is 7. The van der Waals surface area contributed by atoms with Gasteiger partial charge < -0.3 is 9.88 Å². The molecule has 1 fully saturated rings. The van der Waals surface area contributed by atoms with E-state index in [-0.39, 0.29) is 12.0 Å². The van der Waals surface area contributed by atoms with E-state index < -0.39 is 0 Å². The molecule has 1 saturated heterocycles. The van der Waals surface area contributed by atoms with E-state index in [1.165, 1.54) is 6.33 Å². The van der Waals surface area contributed by atoms with Crippen molar-refractivity contribution >= 4 is 16.9 Å². The Bertz CT molecular complexity index is 1350. The SMILES string of the molecule is CC.Cc1ccnc(N2CC[C@H]([C@H](CC#N)n3cc(-c4ncnc5[nH]ccc45)cn3)C2)c1C#N. The van der Waals surface area contributed by atoms with Crippen LogP contribution in [0.5, 0.6) is 0 Å². The van der Waals surface area contributed by atoms with E-state index in [2.05, 4.69) is 42.1 Å². The molecule has 9 nitrogen and oxygen atoms in total. The normalized spacial score (nSPS) is 15.9. The molecule has 4 aromatic heterocycles. The van der Waals surface area contributed by atoms with Crippen LogP contribution in [0.3, 0.4) is 0 Å². The number of aromatic amines is 1. The zero-order valence-corrected chi connectivity index (χ0v) is 19.6. The third-order valence-corrected chi connectivity index (χ3v) is 6.19. The number of fused-ring (bicyclic) bond motifs is 1. The number of pyridine rings is 1. The predicted molar refractivity (Wildman–Crippen MR) is 130 cm³/mol. The van der Waals surface area contributed by atoms with Gasteiger partial charge in [-0.2, -0.15) is 15.6 Å². The van der Waals surface area contributed by atoms with Crippen molar-refractivity contribution in [1.29, 1.82) is 10.5 Å². The van der Waals surface area contributed by atoms with Gasteiger partial charge in [-0.05, 0) is 31.0 Å². The number of hydrogen-bond donors (Lipinski definition) is 1. The maximum atomic E-state index is 9.58. The van der Waals surface area contributed by atoms with Crippen LogP contribution >= 0.6 is 0 Å². The summed E-state index contributed by atoms with van der Waals surface area (Å²) in [5, 5.41) is 24.6. The molecule has 0 aromatic carbocycles. The highest BCUT2D eigenvalue weighted by Gasteiger charge is 2.33. The molecular weight excluding hydrogens is 426 g/mol. The van der Waals surface area contributed by atoms with Crippen molar-refractivity contribution < 1.29 is 0 Å². The fourth-order valence-corrected chi connectivity index (χ4v) is 4.53. The molecule has 5 heterocycles. The largest absolute Gasteiger partial charge is 0.355 e. The number of aryl methyl sites for hydroxylation is 1. The summed E-state index contributed by atoms with van der Waals surface area (Å²) in [6.07, 6.45) is 10.1. The molecule has 4 aromatic rings. The molecule has 1 aliphatic heterocycles. The van der Waals surface area contributed by atoms with Crippen LogP contribution in [0.25, 0.3) is 22.3 Å². The molecular formula is C25H27N9. The standard InChI is InChI=1S/C23H21N9.C2H6/c1-15-3-7-27-23(19(15)10-25)31-9-5-16(12-31)20(2-6-24)32-13-17(11-30-32)21-18-4-8-26-22(18)29-14-28-21;1-2/h3-4,7-8,11,13-14,16,20H,2,5,9,12H2,1H3,(H,26,28,29);1-2H3/t16-,20-;/m0./s1. The molecule has 5 rings (SSSR count). The highest BCUT2D eigenvalue weighted by molar-refractivity contribution is 5.89. The third kappa shape index (κ3) is 4.20. The monoisotopic (exact) mass is 453 g/mol. The molecule has 2 atom stereocenters. The van der Waals surface area contributed by atoms with E-state index in [0.717, 1.165) is 53.2 Å². The van der Waals surface area contributed by atoms with Crippen LogP contribution in [0.1, 0.15) is 43.9 Å². The van der Waals surface area contributed by atoms with Crippen molar-refractivity contribution in [2.24, 2.45) is 5.92 Å². The average molecular weight is 454 g/mol. The van der Waals surface area contributed by atoms with Gasteiger partial charge in [0.2, 0.25) is 0 Å². The molecule has 1 N–H and O–H groups in total. The van der Waals surface area contributed by atoms with E-state index in [1.807, 2.05) is 50.0 Å². The van der Waals surface area contributed by atoms with Crippen molar-refractivity contribution in [3.8, 4) is 23.4 Å². The Labute approximate surface area is 198 Å². The Kier molecular flexibility index (Phi) is 6.84. The van der Waals surface area contributed by atoms with Gasteiger partial charge in [0.1, 0.15) is 23.9 Å². The van der Waals surface area contributed by atoms with E-state index in [4.69, 9.17) is 0 Å². The van der Waals surface area contributed by atoms with Crippen molar-refractivity contribution in [3.05, 3.63) is 54.4 Å². The van der Waals surface area contributed by atoms with Crippen LogP contribution < -0.4 is 4.90 Å². The summed E-state index contributed by atoms with van der Waals surface area (Å²) >= 11 is 0. The van der Waals surface area contributed by atoms with Crippen LogP contribution in [0.4, 0.5) is 5.82 Å². The molecule has 0 amide bonds. The first kappa shape index (κ1) is 22.9. The molecule has 0 radical (unpaired) electrons. The quantitative estimate of drug-likeness (QED) is 0.475. The van der Waals surface area contributed by atoms with E-state index >= 15 is 0 Å². The average Bonchev–Trinajstić information content (AvgIpc) is 3.64. The summed E-state index contributed by atoms with van der Waals surface area (Å²) in [6, 6.07) is 8.35. The molecule has 0 unspecified atom stereocenters. The second-order valence-corrected chi connectivity index (χ2v) is 8.03. The zero-order chi connectivity index (χ0) is 24.1. The number of aromatic nitrogens is 6. The van der Waals surface area contributed by atoms with Crippen molar-refractivity contribution in [1.82, 2.24) is 29.7 Å².